The Morgan fingerprint density at radius 3 is 2.47 bits per heavy atom. The molecule has 1 unspecified atom stereocenters. The Bertz CT molecular complexity index is 530. The summed E-state index contributed by atoms with van der Waals surface area (Å²) in [6, 6.07) is 2.17. The van der Waals surface area contributed by atoms with Crippen LogP contribution in [0.2, 0.25) is 0 Å². The van der Waals surface area contributed by atoms with Crippen molar-refractivity contribution in [2.24, 2.45) is 0 Å². The van der Waals surface area contributed by atoms with Crippen LogP contribution in [0.1, 0.15) is 29.6 Å². The van der Waals surface area contributed by atoms with Crippen LogP contribution in [0.4, 0.5) is 13.2 Å². The van der Waals surface area contributed by atoms with Gasteiger partial charge in [0.2, 0.25) is 0 Å². The molecule has 0 saturated carbocycles. The number of nitrogens with zero attached hydrogens (tertiary/aromatic N) is 2. The first kappa shape index (κ1) is 13.4. The average Bonchev–Trinajstić information content (AvgIpc) is 2.37. The minimum atomic E-state index is -1.25. The van der Waals surface area contributed by atoms with Crippen LogP contribution in [-0.2, 0) is 0 Å². The molecule has 1 aromatic carbocycles. The van der Waals surface area contributed by atoms with Crippen molar-refractivity contribution in [2.45, 2.75) is 25.3 Å². The Morgan fingerprint density at radius 1 is 1.26 bits per heavy atom. The van der Waals surface area contributed by atoms with Crippen LogP contribution >= 0.6 is 0 Å². The fourth-order valence-electron chi connectivity index (χ4n) is 2.20. The van der Waals surface area contributed by atoms with Crippen LogP contribution < -0.4 is 0 Å². The Morgan fingerprint density at radius 2 is 1.89 bits per heavy atom. The second-order valence-corrected chi connectivity index (χ2v) is 4.38. The summed E-state index contributed by atoms with van der Waals surface area (Å²) in [6.45, 7) is 0.271. The third-order valence-corrected chi connectivity index (χ3v) is 3.13. The van der Waals surface area contributed by atoms with Gasteiger partial charge in [-0.3, -0.25) is 4.79 Å². The number of carbonyl (C=O) groups excluding carboxylic acids is 1. The number of hydrogen-bond acceptors (Lipinski definition) is 2. The predicted octanol–water partition coefficient (Wildman–Crippen LogP) is 2.62. The van der Waals surface area contributed by atoms with Crippen molar-refractivity contribution < 1.29 is 18.0 Å². The molecule has 1 amide bonds. The molecule has 1 saturated heterocycles. The maximum absolute atomic E-state index is 13.5. The first-order chi connectivity index (χ1) is 9.04. The average molecular weight is 268 g/mol. The third-order valence-electron chi connectivity index (χ3n) is 3.13. The SMILES string of the molecule is N#CC1CCCCN1C(=O)c1c(F)cc(F)cc1F. The van der Waals surface area contributed by atoms with Gasteiger partial charge in [0.05, 0.1) is 6.07 Å². The van der Waals surface area contributed by atoms with Crippen molar-refractivity contribution in [1.29, 1.82) is 5.26 Å². The molecule has 0 radical (unpaired) electrons. The van der Waals surface area contributed by atoms with E-state index in [2.05, 4.69) is 0 Å². The zero-order chi connectivity index (χ0) is 14.0. The van der Waals surface area contributed by atoms with Crippen LogP contribution in [0.25, 0.3) is 0 Å². The summed E-state index contributed by atoms with van der Waals surface area (Å²) in [5.41, 5.74) is -0.802. The Labute approximate surface area is 108 Å². The maximum Gasteiger partial charge on any atom is 0.260 e. The van der Waals surface area contributed by atoms with Gasteiger partial charge in [0.1, 0.15) is 29.1 Å². The monoisotopic (exact) mass is 268 g/mol. The quantitative estimate of drug-likeness (QED) is 0.785. The molecule has 1 fully saturated rings. The van der Waals surface area contributed by atoms with Crippen molar-refractivity contribution >= 4 is 5.91 Å². The van der Waals surface area contributed by atoms with Crippen LogP contribution in [-0.4, -0.2) is 23.4 Å². The summed E-state index contributed by atoms with van der Waals surface area (Å²) >= 11 is 0. The van der Waals surface area contributed by atoms with E-state index in [0.717, 1.165) is 11.3 Å². The molecule has 1 aliphatic rings. The van der Waals surface area contributed by atoms with Crippen LogP contribution in [0.15, 0.2) is 12.1 Å². The number of piperidine rings is 1. The van der Waals surface area contributed by atoms with Gasteiger partial charge in [-0.25, -0.2) is 13.2 Å². The first-order valence-electron chi connectivity index (χ1n) is 5.89. The number of hydrogen-bond donors (Lipinski definition) is 0. The fourth-order valence-corrected chi connectivity index (χ4v) is 2.20. The number of rotatable bonds is 1. The highest BCUT2D eigenvalue weighted by atomic mass is 19.1. The molecule has 0 aliphatic carbocycles. The van der Waals surface area contributed by atoms with E-state index in [1.165, 1.54) is 0 Å². The number of likely N-dealkylation sites (tertiary alicyclic amines) is 1. The lowest BCUT2D eigenvalue weighted by molar-refractivity contribution is 0.0660. The number of halogens is 3. The lowest BCUT2D eigenvalue weighted by atomic mass is 10.0. The van der Waals surface area contributed by atoms with Crippen molar-refractivity contribution in [3.8, 4) is 6.07 Å². The lowest BCUT2D eigenvalue weighted by Gasteiger charge is -2.31. The molecule has 1 atom stereocenters. The van der Waals surface area contributed by atoms with E-state index < -0.39 is 35.0 Å². The second-order valence-electron chi connectivity index (χ2n) is 4.38. The van der Waals surface area contributed by atoms with Gasteiger partial charge in [0, 0.05) is 18.7 Å². The van der Waals surface area contributed by atoms with E-state index in [9.17, 15) is 18.0 Å². The summed E-state index contributed by atoms with van der Waals surface area (Å²) in [5, 5.41) is 8.95. The fraction of sp³-hybridized carbons (Fsp3) is 0.385. The highest BCUT2D eigenvalue weighted by molar-refractivity contribution is 5.95. The van der Waals surface area contributed by atoms with Crippen molar-refractivity contribution in [3.05, 3.63) is 35.1 Å². The normalized spacial score (nSPS) is 19.1. The van der Waals surface area contributed by atoms with Gasteiger partial charge in [-0.2, -0.15) is 5.26 Å². The molecular formula is C13H11F3N2O. The van der Waals surface area contributed by atoms with E-state index in [-0.39, 0.29) is 6.54 Å². The van der Waals surface area contributed by atoms with Gasteiger partial charge in [-0.05, 0) is 19.3 Å². The molecule has 2 rings (SSSR count). The number of carbonyl (C=O) groups is 1. The topological polar surface area (TPSA) is 44.1 Å². The zero-order valence-corrected chi connectivity index (χ0v) is 10.00. The molecule has 1 heterocycles. The molecule has 100 valence electrons. The molecule has 0 bridgehead atoms. The smallest absolute Gasteiger partial charge is 0.260 e. The molecule has 0 spiro atoms. The van der Waals surface area contributed by atoms with Crippen molar-refractivity contribution in [2.75, 3.05) is 6.54 Å². The Kier molecular flexibility index (Phi) is 3.74. The second kappa shape index (κ2) is 5.31. The van der Waals surface area contributed by atoms with Crippen LogP contribution in [0.3, 0.4) is 0 Å². The molecule has 19 heavy (non-hydrogen) atoms. The summed E-state index contributed by atoms with van der Waals surface area (Å²) in [7, 11) is 0. The molecule has 3 nitrogen and oxygen atoms in total. The van der Waals surface area contributed by atoms with Gasteiger partial charge in [-0.15, -0.1) is 0 Å². The van der Waals surface area contributed by atoms with Gasteiger partial charge in [-0.1, -0.05) is 0 Å². The van der Waals surface area contributed by atoms with Crippen LogP contribution in [0.5, 0.6) is 0 Å². The molecule has 0 N–H and O–H groups in total. The number of benzene rings is 1. The summed E-state index contributed by atoms with van der Waals surface area (Å²) in [6.07, 6.45) is 1.94. The van der Waals surface area contributed by atoms with Crippen molar-refractivity contribution in [1.82, 2.24) is 4.90 Å². The largest absolute Gasteiger partial charge is 0.322 e. The highest BCUT2D eigenvalue weighted by Gasteiger charge is 2.31. The summed E-state index contributed by atoms with van der Waals surface area (Å²) in [4.78, 5) is 13.2. The van der Waals surface area contributed by atoms with Gasteiger partial charge in [0.15, 0.2) is 0 Å². The zero-order valence-electron chi connectivity index (χ0n) is 10.00. The standard InChI is InChI=1S/C13H11F3N2O/c14-8-5-10(15)12(11(16)6-8)13(19)18-4-2-1-3-9(18)7-17/h5-6,9H,1-4H2. The van der Waals surface area contributed by atoms with E-state index in [1.807, 2.05) is 6.07 Å². The predicted molar refractivity (Wildman–Crippen MR) is 60.6 cm³/mol. The van der Waals surface area contributed by atoms with Crippen molar-refractivity contribution in [3.63, 3.8) is 0 Å². The molecule has 0 aromatic heterocycles. The summed E-state index contributed by atoms with van der Waals surface area (Å²) in [5.74, 6) is -4.47. The highest BCUT2D eigenvalue weighted by Crippen LogP contribution is 2.22. The Balaban J connectivity index is 2.36. The van der Waals surface area contributed by atoms with Gasteiger partial charge in [0.25, 0.3) is 5.91 Å². The third kappa shape index (κ3) is 2.55. The van der Waals surface area contributed by atoms with E-state index >= 15 is 0 Å². The molecular weight excluding hydrogens is 257 g/mol. The molecule has 6 heteroatoms. The van der Waals surface area contributed by atoms with E-state index in [0.29, 0.717) is 25.0 Å². The molecule has 1 aromatic rings. The van der Waals surface area contributed by atoms with Gasteiger partial charge < -0.3 is 4.90 Å². The lowest BCUT2D eigenvalue weighted by Crippen LogP contribution is -2.43. The molecule has 1 aliphatic heterocycles. The number of amides is 1. The first-order valence-corrected chi connectivity index (χ1v) is 5.89. The Hall–Kier alpha value is -2.03. The van der Waals surface area contributed by atoms with Crippen LogP contribution in [0, 0.1) is 28.8 Å². The summed E-state index contributed by atoms with van der Waals surface area (Å²) < 4.78 is 39.9. The minimum Gasteiger partial charge on any atom is -0.322 e. The maximum atomic E-state index is 13.5. The van der Waals surface area contributed by atoms with Gasteiger partial charge >= 0.3 is 0 Å². The number of nitriles is 1. The van der Waals surface area contributed by atoms with E-state index in [1.54, 1.807) is 0 Å². The van der Waals surface area contributed by atoms with E-state index in [4.69, 9.17) is 5.26 Å². The minimum absolute atomic E-state index is 0.271.